The molecule has 30 heavy (non-hydrogen) atoms. The normalized spacial score (nSPS) is 15.3. The van der Waals surface area contributed by atoms with Crippen molar-refractivity contribution < 1.29 is 23.8 Å². The summed E-state index contributed by atoms with van der Waals surface area (Å²) in [5.74, 6) is 0.0963. The molecule has 1 heterocycles. The summed E-state index contributed by atoms with van der Waals surface area (Å²) in [6.45, 7) is 2.27. The third kappa shape index (κ3) is 4.10. The van der Waals surface area contributed by atoms with Crippen molar-refractivity contribution in [2.45, 2.75) is 6.92 Å². The van der Waals surface area contributed by atoms with Crippen molar-refractivity contribution in [2.24, 2.45) is 0 Å². The van der Waals surface area contributed by atoms with Crippen LogP contribution in [-0.2, 0) is 9.59 Å². The minimum atomic E-state index is -0.625. The van der Waals surface area contributed by atoms with E-state index in [0.29, 0.717) is 40.1 Å². The van der Waals surface area contributed by atoms with Crippen LogP contribution in [-0.4, -0.2) is 37.8 Å². The Kier molecular flexibility index (Phi) is 6.59. The Hall–Kier alpha value is -3.10. The second kappa shape index (κ2) is 9.15. The van der Waals surface area contributed by atoms with E-state index in [-0.39, 0.29) is 10.7 Å². The van der Waals surface area contributed by atoms with Gasteiger partial charge in [0.2, 0.25) is 0 Å². The van der Waals surface area contributed by atoms with E-state index in [1.165, 1.54) is 25.2 Å². The summed E-state index contributed by atoms with van der Waals surface area (Å²) in [5, 5.41) is 2.79. The molecule has 1 saturated heterocycles. The fraction of sp³-hybridized carbons (Fsp3) is 0.190. The molecular formula is C21H19ClN2O5S. The number of nitrogens with one attached hydrogen (secondary N) is 1. The zero-order valence-electron chi connectivity index (χ0n) is 16.5. The van der Waals surface area contributed by atoms with E-state index in [1.54, 1.807) is 36.4 Å². The van der Waals surface area contributed by atoms with Crippen LogP contribution < -0.4 is 24.4 Å². The van der Waals surface area contributed by atoms with Crippen LogP contribution in [0.15, 0.2) is 42.0 Å². The van der Waals surface area contributed by atoms with Crippen LogP contribution in [0.4, 0.5) is 5.69 Å². The molecule has 9 heteroatoms. The van der Waals surface area contributed by atoms with Gasteiger partial charge in [0.25, 0.3) is 11.8 Å². The van der Waals surface area contributed by atoms with Gasteiger partial charge >= 0.3 is 0 Å². The average Bonchev–Trinajstić information content (AvgIpc) is 2.72. The highest BCUT2D eigenvalue weighted by Crippen LogP contribution is 2.35. The maximum atomic E-state index is 13.2. The van der Waals surface area contributed by atoms with Gasteiger partial charge in [-0.1, -0.05) is 23.7 Å². The van der Waals surface area contributed by atoms with Gasteiger partial charge in [0.15, 0.2) is 16.6 Å². The monoisotopic (exact) mass is 446 g/mol. The lowest BCUT2D eigenvalue weighted by molar-refractivity contribution is -0.122. The molecule has 3 rings (SSSR count). The number of anilines is 1. The lowest BCUT2D eigenvalue weighted by Gasteiger charge is -2.29. The Morgan fingerprint density at radius 3 is 2.47 bits per heavy atom. The molecule has 1 aliphatic heterocycles. The van der Waals surface area contributed by atoms with E-state index in [1.807, 2.05) is 6.92 Å². The number of carbonyl (C=O) groups excluding carboxylic acids is 2. The predicted octanol–water partition coefficient (Wildman–Crippen LogP) is 3.59. The Morgan fingerprint density at radius 2 is 1.80 bits per heavy atom. The standard InChI is InChI=1S/C21H19ClN2O5S/c1-4-29-18-11-14(22)12(10-17(18)28-3)9-13-19(25)23-21(30)24(20(13)26)15-7-5-6-8-16(15)27-2/h5-11H,4H2,1-3H3,(H,23,25,30)/b13-9+. The molecule has 1 aliphatic rings. The van der Waals surface area contributed by atoms with Gasteiger partial charge in [0.1, 0.15) is 11.3 Å². The lowest BCUT2D eigenvalue weighted by atomic mass is 10.1. The van der Waals surface area contributed by atoms with Gasteiger partial charge in [-0.15, -0.1) is 0 Å². The molecule has 1 N–H and O–H groups in total. The van der Waals surface area contributed by atoms with Crippen molar-refractivity contribution in [3.8, 4) is 17.2 Å². The number of benzene rings is 2. The summed E-state index contributed by atoms with van der Waals surface area (Å²) in [5.41, 5.74) is 0.696. The molecule has 156 valence electrons. The Balaban J connectivity index is 2.07. The van der Waals surface area contributed by atoms with Crippen molar-refractivity contribution in [2.75, 3.05) is 25.7 Å². The number of methoxy groups -OCH3 is 2. The molecule has 0 spiro atoms. The van der Waals surface area contributed by atoms with E-state index < -0.39 is 11.8 Å². The first-order chi connectivity index (χ1) is 14.4. The molecule has 0 atom stereocenters. The van der Waals surface area contributed by atoms with Crippen LogP contribution in [0.3, 0.4) is 0 Å². The van der Waals surface area contributed by atoms with E-state index in [0.717, 1.165) is 0 Å². The Morgan fingerprint density at radius 1 is 1.10 bits per heavy atom. The van der Waals surface area contributed by atoms with E-state index in [2.05, 4.69) is 5.32 Å². The molecule has 2 amide bonds. The third-order valence-corrected chi connectivity index (χ3v) is 4.92. The third-order valence-electron chi connectivity index (χ3n) is 4.31. The van der Waals surface area contributed by atoms with E-state index in [9.17, 15) is 9.59 Å². The molecule has 0 bridgehead atoms. The number of hydrogen-bond donors (Lipinski definition) is 1. The Labute approximate surface area is 184 Å². The van der Waals surface area contributed by atoms with E-state index in [4.69, 9.17) is 38.0 Å². The number of halogens is 1. The van der Waals surface area contributed by atoms with Gasteiger partial charge in [-0.05, 0) is 49.0 Å². The number of ether oxygens (including phenoxy) is 3. The summed E-state index contributed by atoms with van der Waals surface area (Å²) < 4.78 is 16.1. The second-order valence-corrected chi connectivity index (χ2v) is 6.88. The minimum absolute atomic E-state index is 0.0398. The molecule has 0 radical (unpaired) electrons. The second-order valence-electron chi connectivity index (χ2n) is 6.09. The molecule has 0 saturated carbocycles. The van der Waals surface area contributed by atoms with Crippen molar-refractivity contribution in [1.29, 1.82) is 0 Å². The first-order valence-electron chi connectivity index (χ1n) is 8.96. The number of hydrogen-bond acceptors (Lipinski definition) is 6. The van der Waals surface area contributed by atoms with Gasteiger partial charge in [0.05, 0.1) is 31.5 Å². The van der Waals surface area contributed by atoms with Crippen LogP contribution in [0.5, 0.6) is 17.2 Å². The maximum Gasteiger partial charge on any atom is 0.270 e. The largest absolute Gasteiger partial charge is 0.495 e. The smallest absolute Gasteiger partial charge is 0.270 e. The molecule has 0 aromatic heterocycles. The number of amides is 2. The molecular weight excluding hydrogens is 428 g/mol. The van der Waals surface area contributed by atoms with Crippen molar-refractivity contribution in [3.63, 3.8) is 0 Å². The SMILES string of the molecule is CCOc1cc(Cl)c(/C=C2\C(=O)NC(=S)N(c3ccccc3OC)C2=O)cc1OC. The molecule has 7 nitrogen and oxygen atoms in total. The van der Waals surface area contributed by atoms with Crippen molar-refractivity contribution in [1.82, 2.24) is 5.32 Å². The Bertz CT molecular complexity index is 1050. The zero-order valence-corrected chi connectivity index (χ0v) is 18.1. The number of thiocarbonyl (C=S) groups is 1. The van der Waals surface area contributed by atoms with E-state index >= 15 is 0 Å². The van der Waals surface area contributed by atoms with Crippen LogP contribution in [0.25, 0.3) is 6.08 Å². The number of para-hydroxylation sites is 2. The van der Waals surface area contributed by atoms with Crippen molar-refractivity contribution in [3.05, 3.63) is 52.6 Å². The van der Waals surface area contributed by atoms with Gasteiger partial charge in [-0.25, -0.2) is 4.90 Å². The number of nitrogens with zero attached hydrogens (tertiary/aromatic N) is 1. The highest BCUT2D eigenvalue weighted by atomic mass is 35.5. The van der Waals surface area contributed by atoms with Crippen LogP contribution in [0, 0.1) is 0 Å². The molecule has 2 aromatic carbocycles. The molecule has 2 aromatic rings. The molecule has 1 fully saturated rings. The van der Waals surface area contributed by atoms with Crippen LogP contribution >= 0.6 is 23.8 Å². The lowest BCUT2D eigenvalue weighted by Crippen LogP contribution is -2.54. The number of rotatable bonds is 6. The van der Waals surface area contributed by atoms with Crippen LogP contribution in [0.1, 0.15) is 12.5 Å². The summed E-state index contributed by atoms with van der Waals surface area (Å²) in [6, 6.07) is 10.0. The summed E-state index contributed by atoms with van der Waals surface area (Å²) in [7, 11) is 2.97. The predicted molar refractivity (Wildman–Crippen MR) is 118 cm³/mol. The van der Waals surface area contributed by atoms with Gasteiger partial charge in [0, 0.05) is 6.07 Å². The topological polar surface area (TPSA) is 77.1 Å². The molecule has 0 unspecified atom stereocenters. The highest BCUT2D eigenvalue weighted by Gasteiger charge is 2.36. The highest BCUT2D eigenvalue weighted by molar-refractivity contribution is 7.80. The number of carbonyl (C=O) groups is 2. The van der Waals surface area contributed by atoms with Gasteiger partial charge in [-0.2, -0.15) is 0 Å². The fourth-order valence-electron chi connectivity index (χ4n) is 2.94. The first-order valence-corrected chi connectivity index (χ1v) is 9.74. The fourth-order valence-corrected chi connectivity index (χ4v) is 3.42. The van der Waals surface area contributed by atoms with Gasteiger partial charge in [-0.3, -0.25) is 14.9 Å². The minimum Gasteiger partial charge on any atom is -0.495 e. The van der Waals surface area contributed by atoms with Crippen LogP contribution in [0.2, 0.25) is 5.02 Å². The van der Waals surface area contributed by atoms with Crippen molar-refractivity contribution >= 4 is 52.5 Å². The first kappa shape index (κ1) is 21.6. The quantitative estimate of drug-likeness (QED) is 0.415. The average molecular weight is 447 g/mol. The summed E-state index contributed by atoms with van der Waals surface area (Å²) in [4.78, 5) is 27.0. The summed E-state index contributed by atoms with van der Waals surface area (Å²) >= 11 is 11.6. The maximum absolute atomic E-state index is 13.2. The van der Waals surface area contributed by atoms with Gasteiger partial charge < -0.3 is 14.2 Å². The molecule has 0 aliphatic carbocycles. The summed E-state index contributed by atoms with van der Waals surface area (Å²) in [6.07, 6.45) is 1.39. The zero-order chi connectivity index (χ0) is 21.8.